The van der Waals surface area contributed by atoms with Gasteiger partial charge in [0.2, 0.25) is 0 Å². The Morgan fingerprint density at radius 2 is 1.88 bits per heavy atom. The fraction of sp³-hybridized carbons (Fsp3) is 0.500. The van der Waals surface area contributed by atoms with E-state index in [0.717, 1.165) is 37.4 Å². The first-order valence-corrected chi connectivity index (χ1v) is 6.33. The van der Waals surface area contributed by atoms with Gasteiger partial charge in [-0.2, -0.15) is 0 Å². The molecular weight excluding hydrogens is 212 g/mol. The van der Waals surface area contributed by atoms with Crippen molar-refractivity contribution >= 4 is 17.7 Å². The van der Waals surface area contributed by atoms with Crippen LogP contribution in [0.2, 0.25) is 0 Å². The number of anilines is 2. The molecule has 0 aromatic heterocycles. The molecule has 1 saturated heterocycles. The predicted octanol–water partition coefficient (Wildman–Crippen LogP) is 2.46. The van der Waals surface area contributed by atoms with Gasteiger partial charge < -0.3 is 15.4 Å². The lowest BCUT2D eigenvalue weighted by Crippen LogP contribution is -2.33. The number of nitrogen functional groups attached to an aromatic ring is 1. The highest BCUT2D eigenvalue weighted by Gasteiger charge is 2.18. The van der Waals surface area contributed by atoms with Crippen LogP contribution < -0.4 is 10.6 Å². The zero-order valence-corrected chi connectivity index (χ0v) is 10.1. The monoisotopic (exact) mass is 232 g/mol. The molecule has 1 fully saturated rings. The lowest BCUT2D eigenvalue weighted by atomic mass is 9.92. The molecule has 0 atom stereocenters. The summed E-state index contributed by atoms with van der Waals surface area (Å²) in [4.78, 5) is 12.7. The molecule has 0 bridgehead atoms. The van der Waals surface area contributed by atoms with Crippen LogP contribution in [0, 0.1) is 5.92 Å². The Balaban J connectivity index is 1.86. The molecule has 17 heavy (non-hydrogen) atoms. The van der Waals surface area contributed by atoms with E-state index >= 15 is 0 Å². The van der Waals surface area contributed by atoms with Gasteiger partial charge in [-0.15, -0.1) is 0 Å². The lowest BCUT2D eigenvalue weighted by Gasteiger charge is -2.33. The molecule has 0 spiro atoms. The summed E-state index contributed by atoms with van der Waals surface area (Å²) in [6, 6.07) is 8.07. The zero-order valence-electron chi connectivity index (χ0n) is 10.1. The molecule has 0 saturated carbocycles. The third-order valence-electron chi connectivity index (χ3n) is 3.57. The first kappa shape index (κ1) is 12.0. The standard InChI is InChI=1S/C14H20N2O/c15-13-3-5-14(6-4-13)16-9-7-12(8-10-16)2-1-11-17/h3-6,11-12H,1-2,7-10,15H2. The Morgan fingerprint density at radius 3 is 2.47 bits per heavy atom. The van der Waals surface area contributed by atoms with Gasteiger partial charge in [-0.3, -0.25) is 0 Å². The smallest absolute Gasteiger partial charge is 0.120 e. The lowest BCUT2D eigenvalue weighted by molar-refractivity contribution is -0.108. The summed E-state index contributed by atoms with van der Waals surface area (Å²) < 4.78 is 0. The average Bonchev–Trinajstić information content (AvgIpc) is 2.38. The topological polar surface area (TPSA) is 46.3 Å². The van der Waals surface area contributed by atoms with E-state index in [2.05, 4.69) is 17.0 Å². The minimum Gasteiger partial charge on any atom is -0.399 e. The minimum absolute atomic E-state index is 0.715. The Kier molecular flexibility index (Phi) is 4.02. The molecule has 0 amide bonds. The molecular formula is C14H20N2O. The number of benzene rings is 1. The van der Waals surface area contributed by atoms with Crippen molar-refractivity contribution in [3.05, 3.63) is 24.3 Å². The molecule has 0 unspecified atom stereocenters. The van der Waals surface area contributed by atoms with Crippen molar-refractivity contribution in [2.45, 2.75) is 25.7 Å². The third kappa shape index (κ3) is 3.22. The Bertz CT molecular complexity index is 353. The van der Waals surface area contributed by atoms with Crippen LogP contribution in [-0.4, -0.2) is 19.4 Å². The van der Waals surface area contributed by atoms with Gasteiger partial charge in [-0.1, -0.05) is 0 Å². The highest BCUT2D eigenvalue weighted by molar-refractivity contribution is 5.53. The van der Waals surface area contributed by atoms with Gasteiger partial charge in [0.05, 0.1) is 0 Å². The van der Waals surface area contributed by atoms with Gasteiger partial charge in [0.1, 0.15) is 6.29 Å². The summed E-state index contributed by atoms with van der Waals surface area (Å²) in [7, 11) is 0. The highest BCUT2D eigenvalue weighted by atomic mass is 16.1. The van der Waals surface area contributed by atoms with Crippen LogP contribution in [-0.2, 0) is 4.79 Å². The van der Waals surface area contributed by atoms with Crippen molar-refractivity contribution in [1.82, 2.24) is 0 Å². The number of piperidine rings is 1. The average molecular weight is 232 g/mol. The van der Waals surface area contributed by atoms with Crippen LogP contribution in [0.15, 0.2) is 24.3 Å². The normalized spacial score (nSPS) is 17.1. The van der Waals surface area contributed by atoms with Crippen molar-refractivity contribution in [2.75, 3.05) is 23.7 Å². The van der Waals surface area contributed by atoms with E-state index in [4.69, 9.17) is 5.73 Å². The van der Waals surface area contributed by atoms with E-state index in [0.29, 0.717) is 6.42 Å². The number of carbonyl (C=O) groups excluding carboxylic acids is 1. The number of carbonyl (C=O) groups is 1. The van der Waals surface area contributed by atoms with Gasteiger partial charge >= 0.3 is 0 Å². The Morgan fingerprint density at radius 1 is 1.24 bits per heavy atom. The SMILES string of the molecule is Nc1ccc(N2CCC(CCC=O)CC2)cc1. The molecule has 0 aliphatic carbocycles. The van der Waals surface area contributed by atoms with E-state index in [1.165, 1.54) is 18.5 Å². The number of hydrogen-bond donors (Lipinski definition) is 1. The molecule has 2 N–H and O–H groups in total. The largest absolute Gasteiger partial charge is 0.399 e. The predicted molar refractivity (Wildman–Crippen MR) is 71.1 cm³/mol. The van der Waals surface area contributed by atoms with Crippen LogP contribution in [0.25, 0.3) is 0 Å². The second kappa shape index (κ2) is 5.71. The fourth-order valence-corrected chi connectivity index (χ4v) is 2.47. The fourth-order valence-electron chi connectivity index (χ4n) is 2.47. The molecule has 1 aromatic carbocycles. The van der Waals surface area contributed by atoms with Crippen LogP contribution in [0.4, 0.5) is 11.4 Å². The van der Waals surface area contributed by atoms with Gasteiger partial charge in [0.15, 0.2) is 0 Å². The summed E-state index contributed by atoms with van der Waals surface area (Å²) >= 11 is 0. The first-order valence-electron chi connectivity index (χ1n) is 6.33. The van der Waals surface area contributed by atoms with Crippen LogP contribution >= 0.6 is 0 Å². The van der Waals surface area contributed by atoms with Crippen LogP contribution in [0.3, 0.4) is 0 Å². The number of nitrogens with two attached hydrogens (primary N) is 1. The maximum atomic E-state index is 10.3. The van der Waals surface area contributed by atoms with Crippen molar-refractivity contribution < 1.29 is 4.79 Å². The summed E-state index contributed by atoms with van der Waals surface area (Å²) in [5, 5.41) is 0. The van der Waals surface area contributed by atoms with E-state index in [9.17, 15) is 4.79 Å². The number of hydrogen-bond acceptors (Lipinski definition) is 3. The van der Waals surface area contributed by atoms with Gasteiger partial charge in [-0.25, -0.2) is 0 Å². The summed E-state index contributed by atoms with van der Waals surface area (Å²) in [6.45, 7) is 2.18. The van der Waals surface area contributed by atoms with Crippen molar-refractivity contribution in [3.8, 4) is 0 Å². The first-order chi connectivity index (χ1) is 8.29. The number of rotatable bonds is 4. The maximum absolute atomic E-state index is 10.3. The second-order valence-electron chi connectivity index (χ2n) is 4.77. The number of aldehydes is 1. The van der Waals surface area contributed by atoms with Crippen LogP contribution in [0.5, 0.6) is 0 Å². The molecule has 92 valence electrons. The quantitative estimate of drug-likeness (QED) is 0.640. The molecule has 2 rings (SSSR count). The van der Waals surface area contributed by atoms with Gasteiger partial charge in [0, 0.05) is 30.9 Å². The highest BCUT2D eigenvalue weighted by Crippen LogP contribution is 2.26. The van der Waals surface area contributed by atoms with E-state index in [1.54, 1.807) is 0 Å². The van der Waals surface area contributed by atoms with Crippen LogP contribution in [0.1, 0.15) is 25.7 Å². The number of nitrogens with zero attached hydrogens (tertiary/aromatic N) is 1. The molecule has 1 aliphatic rings. The third-order valence-corrected chi connectivity index (χ3v) is 3.57. The molecule has 1 aromatic rings. The second-order valence-corrected chi connectivity index (χ2v) is 4.77. The molecule has 0 radical (unpaired) electrons. The van der Waals surface area contributed by atoms with Crippen molar-refractivity contribution in [2.24, 2.45) is 5.92 Å². The summed E-state index contributed by atoms with van der Waals surface area (Å²) in [5.74, 6) is 0.727. The van der Waals surface area contributed by atoms with Gasteiger partial charge in [0.25, 0.3) is 0 Å². The Hall–Kier alpha value is -1.51. The summed E-state index contributed by atoms with van der Waals surface area (Å²) in [5.41, 5.74) is 7.75. The summed E-state index contributed by atoms with van der Waals surface area (Å²) in [6.07, 6.45) is 5.19. The molecule has 1 heterocycles. The molecule has 3 nitrogen and oxygen atoms in total. The minimum atomic E-state index is 0.715. The zero-order chi connectivity index (χ0) is 12.1. The van der Waals surface area contributed by atoms with Crippen molar-refractivity contribution in [3.63, 3.8) is 0 Å². The maximum Gasteiger partial charge on any atom is 0.120 e. The molecule has 1 aliphatic heterocycles. The van der Waals surface area contributed by atoms with E-state index in [-0.39, 0.29) is 0 Å². The van der Waals surface area contributed by atoms with E-state index < -0.39 is 0 Å². The van der Waals surface area contributed by atoms with E-state index in [1.807, 2.05) is 12.1 Å². The van der Waals surface area contributed by atoms with Crippen molar-refractivity contribution in [1.29, 1.82) is 0 Å². The Labute approximate surface area is 103 Å². The molecule has 3 heteroatoms. The van der Waals surface area contributed by atoms with Gasteiger partial charge in [-0.05, 0) is 49.4 Å².